The lowest BCUT2D eigenvalue weighted by atomic mass is 9.92. The highest BCUT2D eigenvalue weighted by Gasteiger charge is 2.18. The highest BCUT2D eigenvalue weighted by Crippen LogP contribution is 2.41. The first-order chi connectivity index (χ1) is 32.0. The van der Waals surface area contributed by atoms with Crippen molar-refractivity contribution in [1.82, 2.24) is 9.13 Å². The molecule has 0 aliphatic carbocycles. The van der Waals surface area contributed by atoms with Crippen LogP contribution < -0.4 is 4.90 Å². The Morgan fingerprint density at radius 1 is 0.262 bits per heavy atom. The Morgan fingerprint density at radius 2 is 0.600 bits per heavy atom. The molecule has 12 aromatic rings. The van der Waals surface area contributed by atoms with Crippen LogP contribution in [0.25, 0.3) is 88.4 Å². The zero-order valence-electron chi connectivity index (χ0n) is 35.1. The van der Waals surface area contributed by atoms with Crippen LogP contribution in [0, 0.1) is 11.6 Å². The van der Waals surface area contributed by atoms with Crippen LogP contribution in [0.5, 0.6) is 0 Å². The number of anilines is 3. The number of halogens is 2. The molecule has 65 heavy (non-hydrogen) atoms. The zero-order valence-corrected chi connectivity index (χ0v) is 35.1. The minimum Gasteiger partial charge on any atom is -0.310 e. The maximum absolute atomic E-state index is 14.1. The number of hydrogen-bond donors (Lipinski definition) is 0. The summed E-state index contributed by atoms with van der Waals surface area (Å²) in [5.74, 6) is -0.639. The normalized spacial score (nSPS) is 11.5. The molecule has 0 saturated carbocycles. The fraction of sp³-hybridized carbons (Fsp3) is 0. The van der Waals surface area contributed by atoms with Crippen molar-refractivity contribution in [2.75, 3.05) is 4.90 Å². The van der Waals surface area contributed by atoms with Gasteiger partial charge in [-0.15, -0.1) is 0 Å². The summed E-state index contributed by atoms with van der Waals surface area (Å²) < 4.78 is 33.0. The first-order valence-corrected chi connectivity index (χ1v) is 21.8. The Hall–Kier alpha value is -8.54. The van der Waals surface area contributed by atoms with Gasteiger partial charge in [-0.1, -0.05) is 109 Å². The lowest BCUT2D eigenvalue weighted by Gasteiger charge is -2.25. The van der Waals surface area contributed by atoms with Crippen molar-refractivity contribution in [2.24, 2.45) is 0 Å². The Morgan fingerprint density at radius 3 is 1.03 bits per heavy atom. The molecule has 0 bridgehead atoms. The molecule has 0 fully saturated rings. The van der Waals surface area contributed by atoms with Gasteiger partial charge in [0.05, 0.1) is 22.1 Å². The van der Waals surface area contributed by atoms with E-state index in [-0.39, 0.29) is 11.6 Å². The van der Waals surface area contributed by atoms with Gasteiger partial charge in [-0.3, -0.25) is 0 Å². The Kier molecular flexibility index (Phi) is 9.20. The van der Waals surface area contributed by atoms with Crippen LogP contribution in [-0.2, 0) is 0 Å². The number of hydrogen-bond acceptors (Lipinski definition) is 1. The summed E-state index contributed by atoms with van der Waals surface area (Å²) in [7, 11) is 0. The molecule has 3 nitrogen and oxygen atoms in total. The fourth-order valence-corrected chi connectivity index (χ4v) is 9.57. The Bertz CT molecular complexity index is 3480. The second-order valence-corrected chi connectivity index (χ2v) is 16.5. The lowest BCUT2D eigenvalue weighted by Crippen LogP contribution is -2.09. The maximum Gasteiger partial charge on any atom is 0.123 e. The molecule has 0 N–H and O–H groups in total. The van der Waals surface area contributed by atoms with Gasteiger partial charge in [0.1, 0.15) is 11.6 Å². The van der Waals surface area contributed by atoms with Crippen molar-refractivity contribution in [2.45, 2.75) is 0 Å². The third-order valence-electron chi connectivity index (χ3n) is 12.6. The molecule has 0 atom stereocenters. The van der Waals surface area contributed by atoms with Gasteiger partial charge in [0.15, 0.2) is 0 Å². The van der Waals surface area contributed by atoms with E-state index < -0.39 is 0 Å². The minimum atomic E-state index is -0.319. The molecule has 0 unspecified atom stereocenters. The standard InChI is InChI=1S/C60H39F2N3/c61-46-23-29-51(30-24-46)63(52-31-25-47(62)26-32-52)50-27-19-40(20-28-50)43-35-44(41-21-33-55-53-15-7-9-17-57(53)64(59(55)38-41)48-11-3-1-4-12-48)37-45(36-43)42-22-34-56-54-16-8-10-18-58(54)65(60(56)39-42)49-13-5-2-6-14-49/h1-39H. The molecule has 2 aromatic heterocycles. The summed E-state index contributed by atoms with van der Waals surface area (Å²) in [6, 6.07) is 80.1. The lowest BCUT2D eigenvalue weighted by molar-refractivity contribution is 0.628. The SMILES string of the molecule is Fc1ccc(N(c2ccc(F)cc2)c2ccc(-c3cc(-c4ccc5c6ccccc6n(-c6ccccc6)c5c4)cc(-c4ccc5c6ccccc6n(-c6ccccc6)c5c4)c3)cc2)cc1. The highest BCUT2D eigenvalue weighted by molar-refractivity contribution is 6.11. The quantitative estimate of drug-likeness (QED) is 0.149. The second kappa shape index (κ2) is 15.7. The van der Waals surface area contributed by atoms with Crippen LogP contribution in [0.15, 0.2) is 237 Å². The topological polar surface area (TPSA) is 13.1 Å². The summed E-state index contributed by atoms with van der Waals surface area (Å²) in [5, 5.41) is 4.83. The van der Waals surface area contributed by atoms with Crippen LogP contribution in [-0.4, -0.2) is 9.13 Å². The number of benzene rings is 10. The molecule has 0 saturated heterocycles. The Labute approximate surface area is 374 Å². The van der Waals surface area contributed by atoms with Gasteiger partial charge in [0.25, 0.3) is 0 Å². The van der Waals surface area contributed by atoms with Crippen molar-refractivity contribution >= 4 is 60.7 Å². The molecular formula is C60H39F2N3. The van der Waals surface area contributed by atoms with E-state index in [4.69, 9.17) is 0 Å². The molecule has 0 aliphatic rings. The third kappa shape index (κ3) is 6.73. The van der Waals surface area contributed by atoms with Crippen molar-refractivity contribution in [3.63, 3.8) is 0 Å². The molecule has 10 aromatic carbocycles. The average molecular weight is 840 g/mol. The summed E-state index contributed by atoms with van der Waals surface area (Å²) in [4.78, 5) is 2.01. The van der Waals surface area contributed by atoms with Crippen LogP contribution in [0.4, 0.5) is 25.8 Å². The molecule has 5 heteroatoms. The van der Waals surface area contributed by atoms with Gasteiger partial charge in [0, 0.05) is 50.0 Å². The molecule has 0 radical (unpaired) electrons. The zero-order chi connectivity index (χ0) is 43.4. The van der Waals surface area contributed by atoms with E-state index in [0.717, 1.165) is 83.9 Å². The number of nitrogens with zero attached hydrogens (tertiary/aromatic N) is 3. The molecule has 12 rings (SSSR count). The van der Waals surface area contributed by atoms with Crippen LogP contribution in [0.2, 0.25) is 0 Å². The van der Waals surface area contributed by atoms with Crippen molar-refractivity contribution in [1.29, 1.82) is 0 Å². The summed E-state index contributed by atoms with van der Waals surface area (Å²) in [6.45, 7) is 0. The third-order valence-corrected chi connectivity index (χ3v) is 12.6. The van der Waals surface area contributed by atoms with Crippen LogP contribution >= 0.6 is 0 Å². The van der Waals surface area contributed by atoms with E-state index in [1.165, 1.54) is 45.8 Å². The first-order valence-electron chi connectivity index (χ1n) is 21.8. The van der Waals surface area contributed by atoms with Gasteiger partial charge in [0.2, 0.25) is 0 Å². The maximum atomic E-state index is 14.1. The van der Waals surface area contributed by atoms with Crippen LogP contribution in [0.1, 0.15) is 0 Å². The van der Waals surface area contributed by atoms with Gasteiger partial charge >= 0.3 is 0 Å². The van der Waals surface area contributed by atoms with E-state index in [2.05, 4.69) is 197 Å². The first kappa shape index (κ1) is 38.2. The van der Waals surface area contributed by atoms with E-state index in [9.17, 15) is 8.78 Å². The summed E-state index contributed by atoms with van der Waals surface area (Å²) in [6.07, 6.45) is 0. The molecular weight excluding hydrogens is 801 g/mol. The number of rotatable bonds is 8. The predicted octanol–water partition coefficient (Wildman–Crippen LogP) is 16.6. The number of para-hydroxylation sites is 4. The van der Waals surface area contributed by atoms with E-state index >= 15 is 0 Å². The minimum absolute atomic E-state index is 0.319. The number of aromatic nitrogens is 2. The molecule has 308 valence electrons. The van der Waals surface area contributed by atoms with E-state index in [1.807, 2.05) is 4.90 Å². The summed E-state index contributed by atoms with van der Waals surface area (Å²) in [5.41, 5.74) is 15.7. The van der Waals surface area contributed by atoms with Crippen molar-refractivity contribution in [3.8, 4) is 44.8 Å². The Balaban J connectivity index is 1.05. The molecule has 0 spiro atoms. The van der Waals surface area contributed by atoms with Gasteiger partial charge in [-0.2, -0.15) is 0 Å². The van der Waals surface area contributed by atoms with Crippen molar-refractivity contribution < 1.29 is 8.78 Å². The average Bonchev–Trinajstić information content (AvgIpc) is 3.88. The monoisotopic (exact) mass is 839 g/mol. The molecule has 2 heterocycles. The molecule has 0 aliphatic heterocycles. The van der Waals surface area contributed by atoms with E-state index in [0.29, 0.717) is 0 Å². The largest absolute Gasteiger partial charge is 0.310 e. The second-order valence-electron chi connectivity index (χ2n) is 16.5. The smallest absolute Gasteiger partial charge is 0.123 e. The molecule has 0 amide bonds. The van der Waals surface area contributed by atoms with Gasteiger partial charge in [-0.05, 0) is 161 Å². The predicted molar refractivity (Wildman–Crippen MR) is 266 cm³/mol. The fourth-order valence-electron chi connectivity index (χ4n) is 9.57. The van der Waals surface area contributed by atoms with Crippen LogP contribution in [0.3, 0.4) is 0 Å². The van der Waals surface area contributed by atoms with Crippen molar-refractivity contribution in [3.05, 3.63) is 248 Å². The van der Waals surface area contributed by atoms with Gasteiger partial charge < -0.3 is 14.0 Å². The van der Waals surface area contributed by atoms with Gasteiger partial charge in [-0.25, -0.2) is 8.78 Å². The van der Waals surface area contributed by atoms with E-state index in [1.54, 1.807) is 24.3 Å². The highest BCUT2D eigenvalue weighted by atomic mass is 19.1. The summed E-state index contributed by atoms with van der Waals surface area (Å²) >= 11 is 0. The number of fused-ring (bicyclic) bond motifs is 6.